The van der Waals surface area contributed by atoms with E-state index in [0.29, 0.717) is 25.7 Å². The normalized spacial score (nSPS) is 17.5. The van der Waals surface area contributed by atoms with E-state index in [2.05, 4.69) is 36.3 Å². The molecule has 0 aliphatic carbocycles. The maximum atomic E-state index is 5.92. The van der Waals surface area contributed by atoms with Crippen LogP contribution < -0.4 is 15.4 Å². The van der Waals surface area contributed by atoms with E-state index in [0.717, 1.165) is 56.6 Å². The van der Waals surface area contributed by atoms with Crippen molar-refractivity contribution in [1.82, 2.24) is 15.5 Å². The topological polar surface area (TPSA) is 67.4 Å². The number of benzene rings is 1. The molecule has 1 aliphatic rings. The number of methoxy groups -OCH3 is 1. The number of nitrogens with one attached hydrogen (secondary N) is 2. The van der Waals surface area contributed by atoms with Gasteiger partial charge in [0.15, 0.2) is 5.96 Å². The van der Waals surface area contributed by atoms with Gasteiger partial charge in [0.25, 0.3) is 0 Å². The summed E-state index contributed by atoms with van der Waals surface area (Å²) >= 11 is 0. The minimum Gasteiger partial charge on any atom is -0.491 e. The van der Waals surface area contributed by atoms with Crippen molar-refractivity contribution in [2.45, 2.75) is 33.4 Å². The van der Waals surface area contributed by atoms with Gasteiger partial charge in [0, 0.05) is 39.8 Å². The Bertz CT molecular complexity index is 599. The fourth-order valence-electron chi connectivity index (χ4n) is 3.24. The number of morpholine rings is 1. The lowest BCUT2D eigenvalue weighted by Gasteiger charge is -2.34. The van der Waals surface area contributed by atoms with E-state index in [4.69, 9.17) is 19.2 Å². The SMILES string of the molecule is CCNC(=NCc1ccc(OCCOC)cc1)NCC1CN(CC(C)C)CCO1.I. The number of halogens is 1. The number of nitrogens with zero attached hydrogens (tertiary/aromatic N) is 2. The van der Waals surface area contributed by atoms with Crippen LogP contribution in [0.15, 0.2) is 29.3 Å². The average molecular weight is 534 g/mol. The van der Waals surface area contributed by atoms with Crippen LogP contribution in [-0.2, 0) is 16.0 Å². The maximum Gasteiger partial charge on any atom is 0.191 e. The van der Waals surface area contributed by atoms with E-state index in [9.17, 15) is 0 Å². The third kappa shape index (κ3) is 10.8. The lowest BCUT2D eigenvalue weighted by molar-refractivity contribution is -0.0284. The molecule has 0 saturated carbocycles. The van der Waals surface area contributed by atoms with Crippen molar-refractivity contribution in [1.29, 1.82) is 0 Å². The molecule has 1 aromatic carbocycles. The van der Waals surface area contributed by atoms with Gasteiger partial charge in [-0.1, -0.05) is 26.0 Å². The van der Waals surface area contributed by atoms with Crippen LogP contribution >= 0.6 is 24.0 Å². The van der Waals surface area contributed by atoms with Crippen molar-refractivity contribution in [3.05, 3.63) is 29.8 Å². The molecule has 0 aromatic heterocycles. The molecule has 172 valence electrons. The zero-order valence-corrected chi connectivity index (χ0v) is 21.2. The van der Waals surface area contributed by atoms with Crippen LogP contribution in [0.1, 0.15) is 26.3 Å². The van der Waals surface area contributed by atoms with Gasteiger partial charge in [0.1, 0.15) is 12.4 Å². The lowest BCUT2D eigenvalue weighted by atomic mass is 10.2. The number of rotatable bonds is 11. The molecule has 1 heterocycles. The fraction of sp³-hybridized carbons (Fsp3) is 0.682. The Morgan fingerprint density at radius 3 is 2.67 bits per heavy atom. The minimum atomic E-state index is 0. The van der Waals surface area contributed by atoms with Crippen LogP contribution in [0, 0.1) is 5.92 Å². The summed E-state index contributed by atoms with van der Waals surface area (Å²) in [5, 5.41) is 6.74. The standard InChI is InChI=1S/C22H38N4O3.HI/c1-5-23-22(25-15-21-17-26(10-11-28-21)16-18(2)3)24-14-19-6-8-20(9-7-19)29-13-12-27-4;/h6-9,18,21H,5,10-17H2,1-4H3,(H2,23,24,25);1H. The number of hydrogen-bond donors (Lipinski definition) is 2. The zero-order valence-electron chi connectivity index (χ0n) is 18.9. The molecular weight excluding hydrogens is 495 g/mol. The summed E-state index contributed by atoms with van der Waals surface area (Å²) in [4.78, 5) is 7.19. The highest BCUT2D eigenvalue weighted by atomic mass is 127. The van der Waals surface area contributed by atoms with Crippen LogP contribution in [0.25, 0.3) is 0 Å². The Hall–Kier alpha value is -1.10. The highest BCUT2D eigenvalue weighted by molar-refractivity contribution is 14.0. The third-order valence-corrected chi connectivity index (χ3v) is 4.59. The summed E-state index contributed by atoms with van der Waals surface area (Å²) in [5.74, 6) is 2.34. The molecule has 2 N–H and O–H groups in total. The predicted molar refractivity (Wildman–Crippen MR) is 133 cm³/mol. The number of ether oxygens (including phenoxy) is 3. The van der Waals surface area contributed by atoms with Crippen LogP contribution in [0.5, 0.6) is 5.75 Å². The highest BCUT2D eigenvalue weighted by Gasteiger charge is 2.21. The Morgan fingerprint density at radius 1 is 1.23 bits per heavy atom. The molecule has 1 aromatic rings. The first-order chi connectivity index (χ1) is 14.1. The molecule has 1 atom stereocenters. The second kappa shape index (κ2) is 15.7. The number of hydrogen-bond acceptors (Lipinski definition) is 5. The van der Waals surface area contributed by atoms with Crippen molar-refractivity contribution in [3.8, 4) is 5.75 Å². The first-order valence-corrected chi connectivity index (χ1v) is 10.7. The largest absolute Gasteiger partial charge is 0.491 e. The van der Waals surface area contributed by atoms with E-state index in [1.165, 1.54) is 0 Å². The Labute approximate surface area is 199 Å². The molecule has 7 nitrogen and oxygen atoms in total. The average Bonchev–Trinajstić information content (AvgIpc) is 2.71. The summed E-state index contributed by atoms with van der Waals surface area (Å²) in [6.07, 6.45) is 0.190. The zero-order chi connectivity index (χ0) is 20.9. The molecule has 1 fully saturated rings. The molecule has 2 rings (SSSR count). The van der Waals surface area contributed by atoms with Gasteiger partial charge in [-0.15, -0.1) is 24.0 Å². The van der Waals surface area contributed by atoms with Crippen molar-refractivity contribution in [3.63, 3.8) is 0 Å². The molecule has 8 heteroatoms. The van der Waals surface area contributed by atoms with E-state index < -0.39 is 0 Å². The third-order valence-electron chi connectivity index (χ3n) is 4.59. The van der Waals surface area contributed by atoms with Gasteiger partial charge in [0.05, 0.1) is 25.9 Å². The van der Waals surface area contributed by atoms with Crippen molar-refractivity contribution < 1.29 is 14.2 Å². The number of aliphatic imine (C=N–C) groups is 1. The van der Waals surface area contributed by atoms with Crippen molar-refractivity contribution in [2.24, 2.45) is 10.9 Å². The van der Waals surface area contributed by atoms with Gasteiger partial charge < -0.3 is 24.8 Å². The van der Waals surface area contributed by atoms with Gasteiger partial charge in [0.2, 0.25) is 0 Å². The molecule has 0 radical (unpaired) electrons. The van der Waals surface area contributed by atoms with Crippen molar-refractivity contribution >= 4 is 29.9 Å². The van der Waals surface area contributed by atoms with Crippen LogP contribution in [-0.4, -0.2) is 76.6 Å². The van der Waals surface area contributed by atoms with E-state index in [1.807, 2.05) is 24.3 Å². The summed E-state index contributed by atoms with van der Waals surface area (Å²) in [5.41, 5.74) is 1.14. The van der Waals surface area contributed by atoms with E-state index in [1.54, 1.807) is 7.11 Å². The molecule has 0 amide bonds. The Kier molecular flexibility index (Phi) is 14.1. The quantitative estimate of drug-likeness (QED) is 0.197. The van der Waals surface area contributed by atoms with E-state index >= 15 is 0 Å². The molecule has 30 heavy (non-hydrogen) atoms. The maximum absolute atomic E-state index is 5.92. The van der Waals surface area contributed by atoms with Gasteiger partial charge in [-0.25, -0.2) is 4.99 Å². The first kappa shape index (κ1) is 26.9. The molecule has 1 saturated heterocycles. The molecule has 1 unspecified atom stereocenters. The van der Waals surface area contributed by atoms with Crippen LogP contribution in [0.2, 0.25) is 0 Å². The first-order valence-electron chi connectivity index (χ1n) is 10.7. The van der Waals surface area contributed by atoms with Gasteiger partial charge in [-0.2, -0.15) is 0 Å². The predicted octanol–water partition coefficient (Wildman–Crippen LogP) is 2.74. The van der Waals surface area contributed by atoms with Gasteiger partial charge >= 0.3 is 0 Å². The summed E-state index contributed by atoms with van der Waals surface area (Å²) in [7, 11) is 1.67. The smallest absolute Gasteiger partial charge is 0.191 e. The van der Waals surface area contributed by atoms with Crippen molar-refractivity contribution in [2.75, 3.05) is 59.7 Å². The second-order valence-electron chi connectivity index (χ2n) is 7.71. The van der Waals surface area contributed by atoms with E-state index in [-0.39, 0.29) is 30.1 Å². The summed E-state index contributed by atoms with van der Waals surface area (Å²) in [6.45, 7) is 13.8. The number of guanidine groups is 1. The van der Waals surface area contributed by atoms with Gasteiger partial charge in [-0.05, 0) is 30.5 Å². The minimum absolute atomic E-state index is 0. The lowest BCUT2D eigenvalue weighted by Crippen LogP contribution is -2.50. The molecular formula is C22H39IN4O3. The fourth-order valence-corrected chi connectivity index (χ4v) is 3.24. The molecule has 0 bridgehead atoms. The summed E-state index contributed by atoms with van der Waals surface area (Å²) < 4.78 is 16.5. The monoisotopic (exact) mass is 534 g/mol. The molecule has 1 aliphatic heterocycles. The summed E-state index contributed by atoms with van der Waals surface area (Å²) in [6, 6.07) is 8.03. The Morgan fingerprint density at radius 2 is 2.00 bits per heavy atom. The molecule has 0 spiro atoms. The van der Waals surface area contributed by atoms with Crippen LogP contribution in [0.4, 0.5) is 0 Å². The van der Waals surface area contributed by atoms with Gasteiger partial charge in [-0.3, -0.25) is 4.90 Å². The highest BCUT2D eigenvalue weighted by Crippen LogP contribution is 2.13. The van der Waals surface area contributed by atoms with Crippen LogP contribution in [0.3, 0.4) is 0 Å². The Balaban J connectivity index is 0.00000450. The second-order valence-corrected chi connectivity index (χ2v) is 7.71.